The molecule has 1 aromatic rings. The summed E-state index contributed by atoms with van der Waals surface area (Å²) in [6, 6.07) is 6.89. The molecule has 0 aromatic heterocycles. The van der Waals surface area contributed by atoms with Gasteiger partial charge in [0.05, 0.1) is 6.21 Å². The van der Waals surface area contributed by atoms with Gasteiger partial charge in [0.1, 0.15) is 0 Å². The van der Waals surface area contributed by atoms with E-state index in [0.717, 1.165) is 0 Å². The lowest BCUT2D eigenvalue weighted by molar-refractivity contribution is 0.492. The zero-order chi connectivity index (χ0) is 13.1. The zero-order valence-corrected chi connectivity index (χ0v) is 11.5. The lowest BCUT2D eigenvalue weighted by Gasteiger charge is -2.17. The number of nitrogens with one attached hydrogen (secondary N) is 1. The van der Waals surface area contributed by atoms with Crippen molar-refractivity contribution >= 4 is 28.0 Å². The van der Waals surface area contributed by atoms with Gasteiger partial charge in [0.15, 0.2) is 0 Å². The van der Waals surface area contributed by atoms with Gasteiger partial charge in [0.2, 0.25) is 0 Å². The van der Waals surface area contributed by atoms with Gasteiger partial charge in [-0.1, -0.05) is 29.8 Å². The smallest absolute Gasteiger partial charge is 0.191 e. The number of hydrogen-bond acceptors (Lipinski definition) is 2. The summed E-state index contributed by atoms with van der Waals surface area (Å²) in [7, 11) is -3.69. The molecule has 0 spiro atoms. The van der Waals surface area contributed by atoms with Crippen LogP contribution in [0.15, 0.2) is 28.7 Å². The number of rotatable bonds is 3. The third-order valence-corrected chi connectivity index (χ3v) is 3.27. The Bertz CT molecular complexity index is 519. The van der Waals surface area contributed by atoms with Crippen LogP contribution in [0.5, 0.6) is 0 Å². The maximum atomic E-state index is 11.6. The van der Waals surface area contributed by atoms with Crippen LogP contribution in [0.25, 0.3) is 0 Å². The Balaban J connectivity index is 2.89. The molecule has 0 unspecified atom stereocenters. The average Bonchev–Trinajstić information content (AvgIpc) is 2.13. The van der Waals surface area contributed by atoms with Crippen LogP contribution in [0, 0.1) is 0 Å². The summed E-state index contributed by atoms with van der Waals surface area (Å²) in [5.41, 5.74) is 0.00451. The molecule has 6 heteroatoms. The van der Waals surface area contributed by atoms with Crippen molar-refractivity contribution in [2.75, 3.05) is 0 Å². The largest absolute Gasteiger partial charge is 0.320 e. The topological polar surface area (TPSA) is 58.5 Å². The molecule has 1 rings (SSSR count). The van der Waals surface area contributed by atoms with E-state index < -0.39 is 15.7 Å². The van der Waals surface area contributed by atoms with E-state index in [9.17, 15) is 8.42 Å². The van der Waals surface area contributed by atoms with Crippen molar-refractivity contribution in [3.63, 3.8) is 0 Å². The lowest BCUT2D eigenvalue weighted by atomic mass is 10.1. The molecule has 0 aliphatic carbocycles. The zero-order valence-electron chi connectivity index (χ0n) is 9.94. The second-order valence-corrected chi connectivity index (χ2v) is 6.36. The van der Waals surface area contributed by atoms with Crippen molar-refractivity contribution in [3.05, 3.63) is 34.9 Å². The van der Waals surface area contributed by atoms with Crippen molar-refractivity contribution in [1.29, 1.82) is 0 Å². The first kappa shape index (κ1) is 14.2. The minimum absolute atomic E-state index is 0.460. The first-order valence-corrected chi connectivity index (χ1v) is 6.85. The van der Waals surface area contributed by atoms with Crippen molar-refractivity contribution < 1.29 is 8.42 Å². The Kier molecular flexibility index (Phi) is 4.30. The standard InChI is InChI=1S/C11H15ClN2O2S/c1-11(2,3)14-17(15,16)13-8-9-6-4-5-7-10(9)12/h4-8,14H,1-3H3. The summed E-state index contributed by atoms with van der Waals surface area (Å²) >= 11 is 5.88. The maximum Gasteiger partial charge on any atom is 0.320 e. The summed E-state index contributed by atoms with van der Waals surface area (Å²) in [4.78, 5) is 0. The molecule has 0 saturated carbocycles. The summed E-state index contributed by atoms with van der Waals surface area (Å²) in [5, 5.41) is 0.460. The van der Waals surface area contributed by atoms with Crippen LogP contribution in [-0.2, 0) is 10.2 Å². The van der Waals surface area contributed by atoms with E-state index in [4.69, 9.17) is 11.6 Å². The molecule has 0 amide bonds. The van der Waals surface area contributed by atoms with Crippen LogP contribution in [0.4, 0.5) is 0 Å². The minimum Gasteiger partial charge on any atom is -0.191 e. The highest BCUT2D eigenvalue weighted by molar-refractivity contribution is 7.88. The quantitative estimate of drug-likeness (QED) is 0.861. The monoisotopic (exact) mass is 274 g/mol. The molecule has 0 aliphatic rings. The number of hydrogen-bond donors (Lipinski definition) is 1. The maximum absolute atomic E-state index is 11.6. The Morgan fingerprint density at radius 2 is 1.88 bits per heavy atom. The van der Waals surface area contributed by atoms with E-state index in [1.165, 1.54) is 6.21 Å². The highest BCUT2D eigenvalue weighted by Gasteiger charge is 2.18. The Morgan fingerprint density at radius 3 is 2.41 bits per heavy atom. The van der Waals surface area contributed by atoms with Crippen molar-refractivity contribution in [3.8, 4) is 0 Å². The van der Waals surface area contributed by atoms with Crippen molar-refractivity contribution in [2.45, 2.75) is 26.3 Å². The number of halogens is 1. The predicted molar refractivity (Wildman–Crippen MR) is 70.9 cm³/mol. The van der Waals surface area contributed by atoms with Gasteiger partial charge in [-0.25, -0.2) is 0 Å². The number of nitrogens with zero attached hydrogens (tertiary/aromatic N) is 1. The Hall–Kier alpha value is -0.910. The molecule has 4 nitrogen and oxygen atoms in total. The van der Waals surface area contributed by atoms with Crippen LogP contribution >= 0.6 is 11.6 Å². The molecule has 0 bridgehead atoms. The van der Waals surface area contributed by atoms with E-state index >= 15 is 0 Å². The van der Waals surface area contributed by atoms with Crippen LogP contribution in [-0.4, -0.2) is 20.2 Å². The second-order valence-electron chi connectivity index (χ2n) is 4.58. The molecule has 0 atom stereocenters. The van der Waals surface area contributed by atoms with E-state index in [0.29, 0.717) is 10.6 Å². The van der Waals surface area contributed by atoms with Gasteiger partial charge < -0.3 is 0 Å². The fourth-order valence-electron chi connectivity index (χ4n) is 1.12. The van der Waals surface area contributed by atoms with Gasteiger partial charge >= 0.3 is 10.2 Å². The molecule has 0 saturated heterocycles. The molecule has 0 radical (unpaired) electrons. The van der Waals surface area contributed by atoms with Gasteiger partial charge in [-0.2, -0.15) is 17.5 Å². The van der Waals surface area contributed by atoms with Crippen LogP contribution in [0.2, 0.25) is 5.02 Å². The third-order valence-electron chi connectivity index (χ3n) is 1.67. The summed E-state index contributed by atoms with van der Waals surface area (Å²) in [5.74, 6) is 0. The lowest BCUT2D eigenvalue weighted by Crippen LogP contribution is -2.39. The van der Waals surface area contributed by atoms with E-state index in [1.807, 2.05) is 0 Å². The highest BCUT2D eigenvalue weighted by Crippen LogP contribution is 2.13. The normalized spacial score (nSPS) is 13.2. The Labute approximate surface area is 107 Å². The van der Waals surface area contributed by atoms with Gasteiger partial charge in [-0.3, -0.25) is 0 Å². The average molecular weight is 275 g/mol. The fourth-order valence-corrected chi connectivity index (χ4v) is 2.38. The van der Waals surface area contributed by atoms with E-state index in [2.05, 4.69) is 9.12 Å². The molecule has 1 N–H and O–H groups in total. The van der Waals surface area contributed by atoms with Crippen LogP contribution in [0.3, 0.4) is 0 Å². The molecule has 0 aliphatic heterocycles. The molecule has 17 heavy (non-hydrogen) atoms. The fraction of sp³-hybridized carbons (Fsp3) is 0.364. The molecule has 94 valence electrons. The molecular formula is C11H15ClN2O2S. The van der Waals surface area contributed by atoms with E-state index in [1.54, 1.807) is 45.0 Å². The predicted octanol–water partition coefficient (Wildman–Crippen LogP) is 2.39. The molecule has 0 heterocycles. The second kappa shape index (κ2) is 5.16. The first-order valence-electron chi connectivity index (χ1n) is 5.03. The van der Waals surface area contributed by atoms with Gasteiger partial charge in [0, 0.05) is 16.1 Å². The van der Waals surface area contributed by atoms with Crippen molar-refractivity contribution in [1.82, 2.24) is 4.72 Å². The molecule has 0 fully saturated rings. The van der Waals surface area contributed by atoms with Crippen LogP contribution < -0.4 is 4.72 Å². The highest BCUT2D eigenvalue weighted by atomic mass is 35.5. The van der Waals surface area contributed by atoms with E-state index in [-0.39, 0.29) is 0 Å². The minimum atomic E-state index is -3.69. The first-order chi connectivity index (χ1) is 7.70. The van der Waals surface area contributed by atoms with Crippen LogP contribution in [0.1, 0.15) is 26.3 Å². The summed E-state index contributed by atoms with van der Waals surface area (Å²) < 4.78 is 29.1. The van der Waals surface area contributed by atoms with Gasteiger partial charge in [-0.15, -0.1) is 0 Å². The molecule has 1 aromatic carbocycles. The Morgan fingerprint density at radius 1 is 1.29 bits per heavy atom. The summed E-state index contributed by atoms with van der Waals surface area (Å²) in [6.07, 6.45) is 1.23. The SMILES string of the molecule is CC(C)(C)NS(=O)(=O)N=Cc1ccccc1Cl. The molecular weight excluding hydrogens is 260 g/mol. The number of benzene rings is 1. The van der Waals surface area contributed by atoms with Gasteiger partial charge in [0.25, 0.3) is 0 Å². The third kappa shape index (κ3) is 5.30. The summed E-state index contributed by atoms with van der Waals surface area (Å²) in [6.45, 7) is 5.24. The van der Waals surface area contributed by atoms with Crippen molar-refractivity contribution in [2.24, 2.45) is 4.40 Å². The van der Waals surface area contributed by atoms with Gasteiger partial charge in [-0.05, 0) is 26.8 Å².